The standard InChI is InChI=1S/C26H35N3O7.3C2H6/c1-15-8-5-10-17(34-3)11-7-12-18-22(27)20(30)14-19(23(18)31)29-25(32)16(2)9-6-13-21(35-4)24(15)36-26(28)33;3*1-2/h6,8-9,13-14,17,21,24H,5,7,10-12,27H2,1-4H3,(H2,28,33)(H,29,32);3*1-2H3/b13-6-,15-8+,16-9+;;;/t17-,21+,24?;;;/m1.../s1. The minimum Gasteiger partial charge on any atom is -0.439 e. The van der Waals surface area contributed by atoms with Crippen molar-refractivity contribution in [2.24, 2.45) is 11.5 Å². The molecule has 1 heterocycles. The molecule has 3 atom stereocenters. The van der Waals surface area contributed by atoms with Gasteiger partial charge in [0.15, 0.2) is 6.10 Å². The third-order valence-electron chi connectivity index (χ3n) is 6.14. The largest absolute Gasteiger partial charge is 0.439 e. The van der Waals surface area contributed by atoms with Crippen molar-refractivity contribution in [1.82, 2.24) is 5.32 Å². The number of ketones is 2. The molecule has 1 unspecified atom stereocenters. The maximum atomic E-state index is 13.0. The van der Waals surface area contributed by atoms with E-state index < -0.39 is 35.8 Å². The molecular weight excluding hydrogens is 538 g/mol. The number of allylic oxidation sites excluding steroid dienone is 5. The van der Waals surface area contributed by atoms with Crippen molar-refractivity contribution >= 4 is 23.6 Å². The molecule has 0 saturated carbocycles. The van der Waals surface area contributed by atoms with E-state index >= 15 is 0 Å². The molecule has 2 aliphatic rings. The van der Waals surface area contributed by atoms with E-state index in [0.29, 0.717) is 25.7 Å². The smallest absolute Gasteiger partial charge is 0.405 e. The van der Waals surface area contributed by atoms with Gasteiger partial charge in [-0.2, -0.15) is 0 Å². The Labute approximate surface area is 252 Å². The lowest BCUT2D eigenvalue weighted by molar-refractivity contribution is -0.120. The second-order valence-corrected chi connectivity index (χ2v) is 8.67. The Morgan fingerprint density at radius 3 is 2.14 bits per heavy atom. The monoisotopic (exact) mass is 591 g/mol. The van der Waals surface area contributed by atoms with Crippen LogP contribution in [0.1, 0.15) is 87.5 Å². The quantitative estimate of drug-likeness (QED) is 0.293. The number of carbonyl (C=O) groups is 4. The minimum absolute atomic E-state index is 0.0993. The van der Waals surface area contributed by atoms with E-state index in [2.05, 4.69) is 5.32 Å². The van der Waals surface area contributed by atoms with E-state index in [-0.39, 0.29) is 35.1 Å². The van der Waals surface area contributed by atoms with Gasteiger partial charge in [-0.3, -0.25) is 14.4 Å². The van der Waals surface area contributed by atoms with Gasteiger partial charge < -0.3 is 31.0 Å². The molecule has 0 radical (unpaired) electrons. The Balaban J connectivity index is 0. The van der Waals surface area contributed by atoms with Crippen LogP contribution in [0.3, 0.4) is 0 Å². The lowest BCUT2D eigenvalue weighted by Crippen LogP contribution is -2.34. The van der Waals surface area contributed by atoms with E-state index in [1.54, 1.807) is 26.2 Å². The summed E-state index contributed by atoms with van der Waals surface area (Å²) in [6.07, 6.45) is 7.99. The van der Waals surface area contributed by atoms with Gasteiger partial charge in [0.05, 0.1) is 17.5 Å². The fourth-order valence-electron chi connectivity index (χ4n) is 4.00. The summed E-state index contributed by atoms with van der Waals surface area (Å²) in [4.78, 5) is 49.5. The van der Waals surface area contributed by atoms with Crippen LogP contribution < -0.4 is 16.8 Å². The molecule has 2 rings (SSSR count). The molecule has 10 heteroatoms. The molecular formula is C32H53N3O7. The summed E-state index contributed by atoms with van der Waals surface area (Å²) in [5.41, 5.74) is 12.2. The van der Waals surface area contributed by atoms with Crippen molar-refractivity contribution < 1.29 is 33.4 Å². The molecule has 0 aromatic rings. The van der Waals surface area contributed by atoms with Crippen molar-refractivity contribution in [3.8, 4) is 0 Å². The number of hydrogen-bond acceptors (Lipinski definition) is 8. The summed E-state index contributed by atoms with van der Waals surface area (Å²) < 4.78 is 16.4. The second kappa shape index (κ2) is 23.1. The number of rotatable bonds is 3. The average molecular weight is 592 g/mol. The van der Waals surface area contributed by atoms with Crippen molar-refractivity contribution in [1.29, 1.82) is 0 Å². The van der Waals surface area contributed by atoms with E-state index in [1.807, 2.05) is 54.5 Å². The van der Waals surface area contributed by atoms with Crippen LogP contribution in [0.25, 0.3) is 0 Å². The summed E-state index contributed by atoms with van der Waals surface area (Å²) >= 11 is 0. The van der Waals surface area contributed by atoms with Gasteiger partial charge in [0.25, 0.3) is 5.91 Å². The van der Waals surface area contributed by atoms with Gasteiger partial charge in [-0.15, -0.1) is 0 Å². The first-order chi connectivity index (χ1) is 20.1. The molecule has 2 amide bonds. The highest BCUT2D eigenvalue weighted by molar-refractivity contribution is 6.23. The third-order valence-corrected chi connectivity index (χ3v) is 6.14. The normalized spacial score (nSPS) is 25.1. The summed E-state index contributed by atoms with van der Waals surface area (Å²) in [6.45, 7) is 15.4. The molecule has 1 aliphatic carbocycles. The van der Waals surface area contributed by atoms with Gasteiger partial charge in [-0.05, 0) is 51.5 Å². The molecule has 0 aromatic heterocycles. The number of nitrogens with two attached hydrogens (primary N) is 2. The van der Waals surface area contributed by atoms with Gasteiger partial charge in [0, 0.05) is 31.4 Å². The van der Waals surface area contributed by atoms with Crippen LogP contribution in [0.2, 0.25) is 0 Å². The Bertz CT molecular complexity index is 1040. The number of methoxy groups -OCH3 is 2. The molecule has 10 nitrogen and oxygen atoms in total. The molecule has 238 valence electrons. The predicted octanol–water partition coefficient (Wildman–Crippen LogP) is 5.34. The molecule has 5 N–H and O–H groups in total. The van der Waals surface area contributed by atoms with Crippen molar-refractivity contribution in [2.45, 2.75) is 106 Å². The Morgan fingerprint density at radius 1 is 0.976 bits per heavy atom. The number of hydrogen-bond donors (Lipinski definition) is 3. The maximum absolute atomic E-state index is 13.0. The van der Waals surface area contributed by atoms with Gasteiger partial charge >= 0.3 is 6.09 Å². The molecule has 42 heavy (non-hydrogen) atoms. The number of amides is 2. The number of nitrogens with one attached hydrogen (secondary N) is 1. The van der Waals surface area contributed by atoms with Crippen LogP contribution in [0.15, 0.2) is 58.5 Å². The van der Waals surface area contributed by atoms with Gasteiger partial charge in [0.1, 0.15) is 6.10 Å². The van der Waals surface area contributed by atoms with Crippen LogP contribution in [0.4, 0.5) is 4.79 Å². The summed E-state index contributed by atoms with van der Waals surface area (Å²) in [7, 11) is 3.07. The number of fused-ring (bicyclic) bond motifs is 2. The second-order valence-electron chi connectivity index (χ2n) is 8.67. The fourth-order valence-corrected chi connectivity index (χ4v) is 4.00. The van der Waals surface area contributed by atoms with E-state index in [1.165, 1.54) is 13.2 Å². The zero-order valence-corrected chi connectivity index (χ0v) is 27.2. The first kappa shape index (κ1) is 40.6. The Hall–Kier alpha value is -3.50. The zero-order valence-electron chi connectivity index (χ0n) is 27.2. The average Bonchev–Trinajstić information content (AvgIpc) is 3.00. The van der Waals surface area contributed by atoms with Crippen LogP contribution in [0.5, 0.6) is 0 Å². The molecule has 0 aromatic carbocycles. The van der Waals surface area contributed by atoms with E-state index in [0.717, 1.165) is 11.6 Å². The molecule has 0 spiro atoms. The highest BCUT2D eigenvalue weighted by atomic mass is 16.6. The summed E-state index contributed by atoms with van der Waals surface area (Å²) in [5, 5.41) is 2.51. The maximum Gasteiger partial charge on any atom is 0.405 e. The summed E-state index contributed by atoms with van der Waals surface area (Å²) in [5.74, 6) is -1.54. The molecule has 0 saturated heterocycles. The molecule has 2 bridgehead atoms. The minimum atomic E-state index is -0.936. The third kappa shape index (κ3) is 13.4. The van der Waals surface area contributed by atoms with Crippen LogP contribution in [-0.4, -0.2) is 56.1 Å². The fraction of sp³-hybridized carbons (Fsp3) is 0.562. The van der Waals surface area contributed by atoms with Crippen molar-refractivity contribution in [2.75, 3.05) is 14.2 Å². The zero-order chi connectivity index (χ0) is 32.8. The number of Topliss-reactive ketones (excluding diaryl/α,β-unsaturated/α-hetero) is 1. The van der Waals surface area contributed by atoms with Crippen LogP contribution in [0, 0.1) is 0 Å². The van der Waals surface area contributed by atoms with Crippen LogP contribution >= 0.6 is 0 Å². The Morgan fingerprint density at radius 2 is 1.60 bits per heavy atom. The highest BCUT2D eigenvalue weighted by Crippen LogP contribution is 2.23. The van der Waals surface area contributed by atoms with Crippen molar-refractivity contribution in [3.05, 3.63) is 58.5 Å². The first-order valence-corrected chi connectivity index (χ1v) is 14.7. The molecule has 0 fully saturated rings. The number of carbonyl (C=O) groups excluding carboxylic acids is 4. The topological polar surface area (TPSA) is 160 Å². The Kier molecular flexibility index (Phi) is 22.4. The van der Waals surface area contributed by atoms with Gasteiger partial charge in [0.2, 0.25) is 11.6 Å². The van der Waals surface area contributed by atoms with E-state index in [4.69, 9.17) is 25.7 Å². The molecule has 1 aliphatic heterocycles. The lowest BCUT2D eigenvalue weighted by atomic mass is 9.92. The van der Waals surface area contributed by atoms with Gasteiger partial charge in [-0.1, -0.05) is 65.8 Å². The first-order valence-electron chi connectivity index (χ1n) is 14.7. The number of primary amides is 1. The summed E-state index contributed by atoms with van der Waals surface area (Å²) in [6, 6.07) is 0. The van der Waals surface area contributed by atoms with Crippen LogP contribution in [-0.2, 0) is 28.6 Å². The lowest BCUT2D eigenvalue weighted by Gasteiger charge is -2.24. The SMILES string of the molecule is CC.CC.CC.CO[C@@H]1CC/C=C(\C)C(OC(N)=O)[C@@H](OC)/C=C\C=C(/C)C(=O)NC2=CC(=O)C(N)=C(CCC1)C2=O. The van der Waals surface area contributed by atoms with E-state index in [9.17, 15) is 19.2 Å². The van der Waals surface area contributed by atoms with Crippen molar-refractivity contribution in [3.63, 3.8) is 0 Å². The predicted molar refractivity (Wildman–Crippen MR) is 167 cm³/mol. The number of ether oxygens (including phenoxy) is 3. The van der Waals surface area contributed by atoms with Gasteiger partial charge in [-0.25, -0.2) is 4.79 Å². The highest BCUT2D eigenvalue weighted by Gasteiger charge is 2.28.